The molecule has 0 amide bonds. The molecule has 0 aliphatic carbocycles. The molecule has 0 radical (unpaired) electrons. The van der Waals surface area contributed by atoms with Gasteiger partial charge in [-0.25, -0.2) is 18.3 Å². The summed E-state index contributed by atoms with van der Waals surface area (Å²) in [5.74, 6) is 0.860. The molecule has 0 fully saturated rings. The number of rotatable bonds is 5. The van der Waals surface area contributed by atoms with Crippen molar-refractivity contribution in [2.24, 2.45) is 7.05 Å². The van der Waals surface area contributed by atoms with Crippen molar-refractivity contribution in [3.8, 4) is 16.9 Å². The van der Waals surface area contributed by atoms with Crippen LogP contribution in [-0.4, -0.2) is 29.4 Å². The molecule has 3 rings (SSSR count). The average molecular weight is 408 g/mol. The number of sulfone groups is 1. The molecule has 3 aromatic rings. The number of benzene rings is 2. The van der Waals surface area contributed by atoms with Gasteiger partial charge in [0.05, 0.1) is 4.90 Å². The summed E-state index contributed by atoms with van der Waals surface area (Å²) >= 11 is 6.28. The fraction of sp³-hybridized carbons (Fsp3) is 0.222. The molecule has 1 N–H and O–H groups in total. The van der Waals surface area contributed by atoms with E-state index < -0.39 is 9.84 Å². The van der Waals surface area contributed by atoms with Crippen molar-refractivity contribution in [3.05, 3.63) is 63.3 Å². The molecular formula is C18H18ClN3O4S. The van der Waals surface area contributed by atoms with Crippen LogP contribution in [-0.2, 0) is 23.5 Å². The van der Waals surface area contributed by atoms with Gasteiger partial charge in [-0.2, -0.15) is 5.10 Å². The fourth-order valence-electron chi connectivity index (χ4n) is 2.65. The molecule has 2 aromatic carbocycles. The first-order chi connectivity index (χ1) is 12.7. The van der Waals surface area contributed by atoms with E-state index in [0.29, 0.717) is 27.7 Å². The fourth-order valence-corrected chi connectivity index (χ4v) is 3.72. The average Bonchev–Trinajstić information content (AvgIpc) is 2.93. The van der Waals surface area contributed by atoms with E-state index in [1.54, 1.807) is 43.4 Å². The number of aromatic nitrogens is 3. The van der Waals surface area contributed by atoms with E-state index in [4.69, 9.17) is 16.3 Å². The number of nitrogens with one attached hydrogen (secondary N) is 1. The van der Waals surface area contributed by atoms with Gasteiger partial charge in [0, 0.05) is 29.5 Å². The zero-order valence-electron chi connectivity index (χ0n) is 15.0. The zero-order chi connectivity index (χ0) is 19.8. The number of aromatic amines is 1. The van der Waals surface area contributed by atoms with Crippen LogP contribution in [0.2, 0.25) is 5.02 Å². The summed E-state index contributed by atoms with van der Waals surface area (Å²) < 4.78 is 31.6. The van der Waals surface area contributed by atoms with Gasteiger partial charge in [-0.3, -0.25) is 4.57 Å². The Morgan fingerprint density at radius 2 is 1.93 bits per heavy atom. The van der Waals surface area contributed by atoms with E-state index in [-0.39, 0.29) is 17.2 Å². The largest absolute Gasteiger partial charge is 0.485 e. The van der Waals surface area contributed by atoms with E-state index in [2.05, 4.69) is 10.2 Å². The molecule has 0 saturated carbocycles. The summed E-state index contributed by atoms with van der Waals surface area (Å²) in [7, 11) is -1.87. The number of hydrogen-bond acceptors (Lipinski definition) is 5. The highest BCUT2D eigenvalue weighted by atomic mass is 35.5. The minimum absolute atomic E-state index is 0.0321. The number of hydrogen-bond donors (Lipinski definition) is 1. The quantitative estimate of drug-likeness (QED) is 0.701. The number of aryl methyl sites for hydroxylation is 1. The van der Waals surface area contributed by atoms with Gasteiger partial charge < -0.3 is 4.74 Å². The Morgan fingerprint density at radius 1 is 1.22 bits per heavy atom. The van der Waals surface area contributed by atoms with Crippen LogP contribution in [0.25, 0.3) is 11.1 Å². The Hall–Kier alpha value is -2.58. The van der Waals surface area contributed by atoms with Crippen LogP contribution in [0.3, 0.4) is 0 Å². The van der Waals surface area contributed by atoms with Crippen molar-refractivity contribution in [1.29, 1.82) is 0 Å². The highest BCUT2D eigenvalue weighted by Gasteiger charge is 2.19. The third-order valence-corrected chi connectivity index (χ3v) is 5.73. The molecule has 1 aromatic heterocycles. The molecule has 1 heterocycles. The molecule has 0 atom stereocenters. The molecule has 9 heteroatoms. The van der Waals surface area contributed by atoms with Crippen LogP contribution >= 0.6 is 11.6 Å². The Balaban J connectivity index is 2.10. The molecule has 0 aliphatic rings. The summed E-state index contributed by atoms with van der Waals surface area (Å²) in [5, 5.41) is 6.75. The normalized spacial score (nSPS) is 11.6. The zero-order valence-corrected chi connectivity index (χ0v) is 16.6. The minimum atomic E-state index is -3.45. The smallest absolute Gasteiger partial charge is 0.343 e. The Morgan fingerprint density at radius 3 is 2.56 bits per heavy atom. The minimum Gasteiger partial charge on any atom is -0.485 e. The number of halogens is 1. The molecule has 0 saturated heterocycles. The number of H-pyrrole nitrogens is 1. The van der Waals surface area contributed by atoms with Gasteiger partial charge in [-0.1, -0.05) is 29.8 Å². The standard InChI is InChI=1S/C18H18ClN3O4S/c1-11-8-15(26-10-17-20-21-18(23)22(17)2)13(9-14(11)19)12-6-4-5-7-16(12)27(3,24)25/h4-9H,10H2,1-3H3,(H,21,23). The third kappa shape index (κ3) is 3.91. The van der Waals surface area contributed by atoms with Crippen LogP contribution in [0, 0.1) is 6.92 Å². The van der Waals surface area contributed by atoms with Crippen molar-refractivity contribution in [3.63, 3.8) is 0 Å². The van der Waals surface area contributed by atoms with Crippen LogP contribution < -0.4 is 10.4 Å². The molecule has 27 heavy (non-hydrogen) atoms. The van der Waals surface area contributed by atoms with Gasteiger partial charge in [-0.05, 0) is 30.7 Å². The second kappa shape index (κ2) is 7.21. The van der Waals surface area contributed by atoms with Crippen molar-refractivity contribution < 1.29 is 13.2 Å². The van der Waals surface area contributed by atoms with Crippen molar-refractivity contribution in [2.75, 3.05) is 6.26 Å². The van der Waals surface area contributed by atoms with E-state index in [1.807, 2.05) is 6.92 Å². The van der Waals surface area contributed by atoms with Crippen LogP contribution in [0.4, 0.5) is 0 Å². The second-order valence-corrected chi connectivity index (χ2v) is 8.55. The van der Waals surface area contributed by atoms with E-state index in [0.717, 1.165) is 11.8 Å². The SMILES string of the molecule is Cc1cc(OCc2n[nH]c(=O)n2C)c(-c2ccccc2S(C)(=O)=O)cc1Cl. The Labute approximate surface area is 161 Å². The lowest BCUT2D eigenvalue weighted by Gasteiger charge is -2.15. The topological polar surface area (TPSA) is 94.0 Å². The molecule has 0 bridgehead atoms. The van der Waals surface area contributed by atoms with Crippen molar-refractivity contribution >= 4 is 21.4 Å². The van der Waals surface area contributed by atoms with Crippen LogP contribution in [0.1, 0.15) is 11.4 Å². The summed E-state index contributed by atoms with van der Waals surface area (Å²) in [6, 6.07) is 10.1. The Bertz CT molecular complexity index is 1170. The van der Waals surface area contributed by atoms with Crippen molar-refractivity contribution in [2.45, 2.75) is 18.4 Å². The highest BCUT2D eigenvalue weighted by molar-refractivity contribution is 7.90. The number of nitrogens with zero attached hydrogens (tertiary/aromatic N) is 2. The maximum atomic E-state index is 12.2. The summed E-state index contributed by atoms with van der Waals surface area (Å²) in [4.78, 5) is 11.7. The predicted molar refractivity (Wildman–Crippen MR) is 103 cm³/mol. The molecule has 0 unspecified atom stereocenters. The maximum Gasteiger partial charge on any atom is 0.343 e. The van der Waals surface area contributed by atoms with E-state index in [1.165, 1.54) is 4.57 Å². The summed E-state index contributed by atoms with van der Waals surface area (Å²) in [5.41, 5.74) is 1.48. The lowest BCUT2D eigenvalue weighted by Crippen LogP contribution is -2.15. The molecular weight excluding hydrogens is 390 g/mol. The summed E-state index contributed by atoms with van der Waals surface area (Å²) in [6.45, 7) is 1.86. The maximum absolute atomic E-state index is 12.2. The lowest BCUT2D eigenvalue weighted by atomic mass is 10.0. The van der Waals surface area contributed by atoms with E-state index in [9.17, 15) is 13.2 Å². The van der Waals surface area contributed by atoms with Crippen molar-refractivity contribution in [1.82, 2.24) is 14.8 Å². The van der Waals surface area contributed by atoms with Gasteiger partial charge in [0.2, 0.25) is 0 Å². The monoisotopic (exact) mass is 407 g/mol. The molecule has 142 valence electrons. The predicted octanol–water partition coefficient (Wildman–Crippen LogP) is 2.72. The van der Waals surface area contributed by atoms with Crippen LogP contribution in [0.5, 0.6) is 5.75 Å². The first-order valence-electron chi connectivity index (χ1n) is 8.01. The Kier molecular flexibility index (Phi) is 5.12. The molecule has 7 nitrogen and oxygen atoms in total. The molecule has 0 spiro atoms. The first-order valence-corrected chi connectivity index (χ1v) is 10.3. The van der Waals surface area contributed by atoms with Gasteiger partial charge in [0.15, 0.2) is 15.7 Å². The summed E-state index contributed by atoms with van der Waals surface area (Å²) in [6.07, 6.45) is 1.15. The second-order valence-electron chi connectivity index (χ2n) is 6.16. The highest BCUT2D eigenvalue weighted by Crippen LogP contribution is 2.38. The molecule has 0 aliphatic heterocycles. The van der Waals surface area contributed by atoms with Crippen LogP contribution in [0.15, 0.2) is 46.1 Å². The van der Waals surface area contributed by atoms with Gasteiger partial charge in [0.25, 0.3) is 0 Å². The van der Waals surface area contributed by atoms with E-state index >= 15 is 0 Å². The third-order valence-electron chi connectivity index (χ3n) is 4.17. The lowest BCUT2D eigenvalue weighted by molar-refractivity contribution is 0.292. The first kappa shape index (κ1) is 19.2. The van der Waals surface area contributed by atoms with Gasteiger partial charge >= 0.3 is 5.69 Å². The van der Waals surface area contributed by atoms with Gasteiger partial charge in [-0.15, -0.1) is 0 Å². The van der Waals surface area contributed by atoms with Gasteiger partial charge in [0.1, 0.15) is 12.4 Å². The number of ether oxygens (including phenoxy) is 1.